The Kier molecular flexibility index (Phi) is 7.48. The van der Waals surface area contributed by atoms with Gasteiger partial charge < -0.3 is 15.4 Å². The number of ether oxygens (including phenoxy) is 1. The Balaban J connectivity index is 1.75. The van der Waals surface area contributed by atoms with Crippen LogP contribution in [0.4, 0.5) is 0 Å². The molecule has 0 bridgehead atoms. The van der Waals surface area contributed by atoms with E-state index in [0.717, 1.165) is 29.4 Å². The number of carbonyl (C=O) groups is 1. The van der Waals surface area contributed by atoms with Crippen LogP contribution in [0.3, 0.4) is 0 Å². The van der Waals surface area contributed by atoms with E-state index in [1.54, 1.807) is 7.11 Å². The number of benzene rings is 1. The van der Waals surface area contributed by atoms with Gasteiger partial charge in [-0.3, -0.25) is 4.79 Å². The van der Waals surface area contributed by atoms with E-state index in [0.29, 0.717) is 24.6 Å². The van der Waals surface area contributed by atoms with E-state index in [2.05, 4.69) is 15.6 Å². The third kappa shape index (κ3) is 6.27. The van der Waals surface area contributed by atoms with Gasteiger partial charge in [0.2, 0.25) is 5.91 Å². The third-order valence-electron chi connectivity index (χ3n) is 3.09. The molecule has 7 heteroatoms. The van der Waals surface area contributed by atoms with Gasteiger partial charge in [-0.15, -0.1) is 11.3 Å². The van der Waals surface area contributed by atoms with Gasteiger partial charge in [-0.05, 0) is 12.1 Å². The highest BCUT2D eigenvalue weighted by Gasteiger charge is 2.08. The lowest BCUT2D eigenvalue weighted by Crippen LogP contribution is -2.33. The van der Waals surface area contributed by atoms with Crippen molar-refractivity contribution in [2.45, 2.75) is 6.42 Å². The zero-order valence-corrected chi connectivity index (χ0v) is 14.5. The molecule has 1 aromatic carbocycles. The highest BCUT2D eigenvalue weighted by Crippen LogP contribution is 2.25. The minimum atomic E-state index is -0.0218. The monoisotopic (exact) mass is 353 g/mol. The number of halogens is 1. The van der Waals surface area contributed by atoms with Gasteiger partial charge in [-0.2, -0.15) is 0 Å². The predicted octanol–water partition coefficient (Wildman–Crippen LogP) is 2.36. The van der Waals surface area contributed by atoms with Crippen LogP contribution in [-0.2, 0) is 16.0 Å². The van der Waals surface area contributed by atoms with Gasteiger partial charge in [-0.25, -0.2) is 4.98 Å². The lowest BCUT2D eigenvalue weighted by atomic mass is 10.2. The molecule has 23 heavy (non-hydrogen) atoms. The number of aromatic nitrogens is 1. The molecular weight excluding hydrogens is 334 g/mol. The van der Waals surface area contributed by atoms with Gasteiger partial charge in [-0.1, -0.05) is 23.7 Å². The summed E-state index contributed by atoms with van der Waals surface area (Å²) in [7, 11) is 1.66. The van der Waals surface area contributed by atoms with Crippen molar-refractivity contribution in [3.05, 3.63) is 40.4 Å². The quantitative estimate of drug-likeness (QED) is 0.679. The fourth-order valence-corrected chi connectivity index (χ4v) is 2.88. The number of nitrogens with zero attached hydrogens (tertiary/aromatic N) is 1. The van der Waals surface area contributed by atoms with Gasteiger partial charge in [0.25, 0.3) is 0 Å². The summed E-state index contributed by atoms with van der Waals surface area (Å²) in [5.74, 6) is -0.0218. The van der Waals surface area contributed by atoms with Crippen molar-refractivity contribution in [1.82, 2.24) is 15.6 Å². The largest absolute Gasteiger partial charge is 0.383 e. The number of methoxy groups -OCH3 is 1. The highest BCUT2D eigenvalue weighted by atomic mass is 35.5. The van der Waals surface area contributed by atoms with E-state index in [4.69, 9.17) is 16.3 Å². The lowest BCUT2D eigenvalue weighted by Gasteiger charge is -2.05. The molecule has 0 saturated heterocycles. The fraction of sp³-hybridized carbons (Fsp3) is 0.375. The van der Waals surface area contributed by atoms with Crippen molar-refractivity contribution in [2.24, 2.45) is 0 Å². The van der Waals surface area contributed by atoms with Crippen molar-refractivity contribution in [3.8, 4) is 10.6 Å². The number of carbonyl (C=O) groups excluding carboxylic acids is 1. The van der Waals surface area contributed by atoms with E-state index >= 15 is 0 Å². The van der Waals surface area contributed by atoms with E-state index < -0.39 is 0 Å². The van der Waals surface area contributed by atoms with Gasteiger partial charge >= 0.3 is 0 Å². The first-order valence-corrected chi connectivity index (χ1v) is 8.61. The number of amides is 1. The first-order chi connectivity index (χ1) is 11.2. The van der Waals surface area contributed by atoms with Crippen molar-refractivity contribution < 1.29 is 9.53 Å². The maximum absolute atomic E-state index is 11.9. The van der Waals surface area contributed by atoms with Crippen LogP contribution >= 0.6 is 22.9 Å². The third-order valence-corrected chi connectivity index (χ3v) is 4.28. The Morgan fingerprint density at radius 2 is 2.04 bits per heavy atom. The van der Waals surface area contributed by atoms with Gasteiger partial charge in [0.05, 0.1) is 18.7 Å². The van der Waals surface area contributed by atoms with Crippen LogP contribution in [-0.4, -0.2) is 44.2 Å². The molecule has 0 spiro atoms. The maximum Gasteiger partial charge on any atom is 0.226 e. The molecule has 0 radical (unpaired) electrons. The van der Waals surface area contributed by atoms with Crippen molar-refractivity contribution >= 4 is 28.8 Å². The van der Waals surface area contributed by atoms with Gasteiger partial charge in [0.15, 0.2) is 0 Å². The van der Waals surface area contributed by atoms with E-state index in [1.807, 2.05) is 29.6 Å². The molecule has 0 fully saturated rings. The molecule has 2 N–H and O–H groups in total. The maximum atomic E-state index is 11.9. The van der Waals surface area contributed by atoms with Crippen LogP contribution in [0.5, 0.6) is 0 Å². The topological polar surface area (TPSA) is 63.2 Å². The van der Waals surface area contributed by atoms with Crippen molar-refractivity contribution in [1.29, 1.82) is 0 Å². The summed E-state index contributed by atoms with van der Waals surface area (Å²) in [4.78, 5) is 16.4. The number of thiazole rings is 1. The molecule has 1 amide bonds. The lowest BCUT2D eigenvalue weighted by molar-refractivity contribution is -0.120. The Morgan fingerprint density at radius 3 is 2.78 bits per heavy atom. The molecule has 0 aliphatic carbocycles. The minimum absolute atomic E-state index is 0.0218. The predicted molar refractivity (Wildman–Crippen MR) is 94.0 cm³/mol. The molecule has 0 atom stereocenters. The fourth-order valence-electron chi connectivity index (χ4n) is 1.93. The second-order valence-electron chi connectivity index (χ2n) is 4.92. The molecule has 2 rings (SSSR count). The summed E-state index contributed by atoms with van der Waals surface area (Å²) >= 11 is 7.41. The molecule has 2 aromatic rings. The van der Waals surface area contributed by atoms with Gasteiger partial charge in [0.1, 0.15) is 5.01 Å². The Morgan fingerprint density at radius 1 is 1.26 bits per heavy atom. The van der Waals surface area contributed by atoms with Crippen LogP contribution in [0.25, 0.3) is 10.6 Å². The van der Waals surface area contributed by atoms with Crippen LogP contribution in [0, 0.1) is 0 Å². The average Bonchev–Trinajstić information content (AvgIpc) is 3.00. The molecule has 0 saturated carbocycles. The second-order valence-corrected chi connectivity index (χ2v) is 6.21. The zero-order chi connectivity index (χ0) is 16.5. The summed E-state index contributed by atoms with van der Waals surface area (Å²) in [5, 5.41) is 9.55. The molecule has 0 aliphatic rings. The molecule has 5 nitrogen and oxygen atoms in total. The smallest absolute Gasteiger partial charge is 0.226 e. The number of hydrogen-bond acceptors (Lipinski definition) is 5. The molecule has 0 aliphatic heterocycles. The highest BCUT2D eigenvalue weighted by molar-refractivity contribution is 7.13. The van der Waals surface area contributed by atoms with Crippen molar-refractivity contribution in [3.63, 3.8) is 0 Å². The Hall–Kier alpha value is -1.47. The van der Waals surface area contributed by atoms with E-state index in [1.165, 1.54) is 11.3 Å². The Bertz CT molecular complexity index is 616. The summed E-state index contributed by atoms with van der Waals surface area (Å²) in [6.45, 7) is 2.77. The van der Waals surface area contributed by atoms with Crippen molar-refractivity contribution in [2.75, 3.05) is 33.4 Å². The number of rotatable bonds is 9. The van der Waals surface area contributed by atoms with Crippen LogP contribution in [0.2, 0.25) is 5.02 Å². The molecular formula is C16H20ClN3O2S. The number of hydrogen-bond donors (Lipinski definition) is 2. The zero-order valence-electron chi connectivity index (χ0n) is 13.0. The molecule has 124 valence electrons. The van der Waals surface area contributed by atoms with E-state index in [9.17, 15) is 4.79 Å². The molecule has 1 aromatic heterocycles. The second kappa shape index (κ2) is 9.62. The minimum Gasteiger partial charge on any atom is -0.383 e. The average molecular weight is 354 g/mol. The van der Waals surface area contributed by atoms with E-state index in [-0.39, 0.29) is 5.91 Å². The SMILES string of the molecule is COCCNCCNC(=O)Cc1csc(-c2ccc(Cl)cc2)n1. The molecule has 1 heterocycles. The van der Waals surface area contributed by atoms with Crippen LogP contribution in [0.1, 0.15) is 5.69 Å². The first kappa shape index (κ1) is 17.9. The summed E-state index contributed by atoms with van der Waals surface area (Å²) in [5.41, 5.74) is 1.79. The number of nitrogens with one attached hydrogen (secondary N) is 2. The van der Waals surface area contributed by atoms with Gasteiger partial charge in [0, 0.05) is 42.7 Å². The van der Waals surface area contributed by atoms with Crippen LogP contribution < -0.4 is 10.6 Å². The van der Waals surface area contributed by atoms with Crippen LogP contribution in [0.15, 0.2) is 29.6 Å². The summed E-state index contributed by atoms with van der Waals surface area (Å²) in [6.07, 6.45) is 0.294. The first-order valence-electron chi connectivity index (χ1n) is 7.35. The summed E-state index contributed by atoms with van der Waals surface area (Å²) in [6, 6.07) is 7.52. The standard InChI is InChI=1S/C16H20ClN3O2S/c1-22-9-8-18-6-7-19-15(21)10-14-11-23-16(20-14)12-2-4-13(17)5-3-12/h2-5,11,18H,6-10H2,1H3,(H,19,21). The Labute approximate surface area is 145 Å². The normalized spacial score (nSPS) is 10.7. The molecule has 0 unspecified atom stereocenters. The summed E-state index contributed by atoms with van der Waals surface area (Å²) < 4.78 is 4.93.